The van der Waals surface area contributed by atoms with E-state index < -0.39 is 12.0 Å². The van der Waals surface area contributed by atoms with Crippen molar-refractivity contribution in [1.82, 2.24) is 4.98 Å². The Morgan fingerprint density at radius 2 is 2.42 bits per heavy atom. The van der Waals surface area contributed by atoms with Gasteiger partial charge in [0.1, 0.15) is 0 Å². The summed E-state index contributed by atoms with van der Waals surface area (Å²) < 4.78 is 12.9. The molecule has 1 heterocycles. The molecule has 64 valence electrons. The van der Waals surface area contributed by atoms with E-state index >= 15 is 0 Å². The molecule has 0 aliphatic heterocycles. The van der Waals surface area contributed by atoms with Crippen LogP contribution in [0.25, 0.3) is 0 Å². The number of halogens is 1. The lowest BCUT2D eigenvalue weighted by Crippen LogP contribution is -2.20. The van der Waals surface area contributed by atoms with Gasteiger partial charge >= 0.3 is 0 Å². The number of aromatic nitrogens is 1. The summed E-state index contributed by atoms with van der Waals surface area (Å²) >= 11 is 0. The van der Waals surface area contributed by atoms with Crippen LogP contribution >= 0.6 is 0 Å². The van der Waals surface area contributed by atoms with Gasteiger partial charge in [-0.1, -0.05) is 6.07 Å². The largest absolute Gasteiger partial charge is 0.318 e. The van der Waals surface area contributed by atoms with Gasteiger partial charge in [-0.3, -0.25) is 4.79 Å². The number of carbonyl (C=O) groups excluding carboxylic acids is 1. The zero-order valence-electron chi connectivity index (χ0n) is 6.62. The molecule has 0 spiro atoms. The number of nitrogens with two attached hydrogens (primary N) is 1. The van der Waals surface area contributed by atoms with Gasteiger partial charge < -0.3 is 5.73 Å². The second kappa shape index (κ2) is 3.40. The van der Waals surface area contributed by atoms with Gasteiger partial charge in [0.15, 0.2) is 5.78 Å². The average Bonchev–Trinajstić information content (AvgIpc) is 2.04. The lowest BCUT2D eigenvalue weighted by molar-refractivity contribution is -0.118. The van der Waals surface area contributed by atoms with E-state index in [1.54, 1.807) is 6.07 Å². The highest BCUT2D eigenvalue weighted by molar-refractivity contribution is 5.82. The highest BCUT2D eigenvalue weighted by atomic mass is 19.1. The smallest absolute Gasteiger partial charge is 0.218 e. The Hall–Kier alpha value is -1.29. The number of rotatable bonds is 2. The Labute approximate surface area is 69.4 Å². The second-order valence-electron chi connectivity index (χ2n) is 2.47. The van der Waals surface area contributed by atoms with Gasteiger partial charge in [0, 0.05) is 11.8 Å². The first kappa shape index (κ1) is 8.80. The van der Waals surface area contributed by atoms with E-state index in [4.69, 9.17) is 5.73 Å². The Morgan fingerprint density at radius 1 is 1.75 bits per heavy atom. The molecule has 1 atom stereocenters. The van der Waals surface area contributed by atoms with Gasteiger partial charge in [0.05, 0.1) is 6.04 Å². The monoisotopic (exact) mass is 168 g/mol. The minimum absolute atomic E-state index is 0.144. The van der Waals surface area contributed by atoms with Gasteiger partial charge in [-0.25, -0.2) is 4.98 Å². The third-order valence-corrected chi connectivity index (χ3v) is 1.56. The molecule has 0 aliphatic carbocycles. The lowest BCUT2D eigenvalue weighted by atomic mass is 10.1. The molecule has 0 aliphatic rings. The van der Waals surface area contributed by atoms with E-state index in [1.807, 2.05) is 0 Å². The third-order valence-electron chi connectivity index (χ3n) is 1.56. The maximum absolute atomic E-state index is 12.9. The van der Waals surface area contributed by atoms with Crippen molar-refractivity contribution in [2.75, 3.05) is 0 Å². The maximum atomic E-state index is 12.9. The number of ketones is 1. The highest BCUT2D eigenvalue weighted by Gasteiger charge is 2.15. The van der Waals surface area contributed by atoms with Crippen LogP contribution in [0.4, 0.5) is 4.39 Å². The van der Waals surface area contributed by atoms with Gasteiger partial charge in [0.2, 0.25) is 5.95 Å². The Balaban J connectivity index is 3.02. The summed E-state index contributed by atoms with van der Waals surface area (Å²) in [6.07, 6.45) is 1.31. The first-order valence-electron chi connectivity index (χ1n) is 3.49. The second-order valence-corrected chi connectivity index (χ2v) is 2.47. The van der Waals surface area contributed by atoms with Crippen LogP contribution in [-0.4, -0.2) is 10.8 Å². The molecule has 1 rings (SSSR count). The third kappa shape index (κ3) is 1.65. The molecule has 1 aromatic rings. The summed E-state index contributed by atoms with van der Waals surface area (Å²) in [5.74, 6) is -0.956. The van der Waals surface area contributed by atoms with Gasteiger partial charge in [-0.2, -0.15) is 4.39 Å². The minimum atomic E-state index is -0.904. The molecule has 0 saturated heterocycles. The standard InChI is InChI=1S/C8H9FN2O/c1-5(12)7(10)6-3-2-4-11-8(6)9/h2-4,7H,10H2,1H3. The van der Waals surface area contributed by atoms with E-state index in [0.29, 0.717) is 0 Å². The van der Waals surface area contributed by atoms with E-state index in [9.17, 15) is 9.18 Å². The van der Waals surface area contributed by atoms with E-state index in [2.05, 4.69) is 4.98 Å². The number of pyridine rings is 1. The van der Waals surface area contributed by atoms with Gasteiger partial charge in [-0.05, 0) is 13.0 Å². The molecule has 0 aromatic carbocycles. The Bertz CT molecular complexity index is 301. The average molecular weight is 168 g/mol. The van der Waals surface area contributed by atoms with E-state index in [-0.39, 0.29) is 11.3 Å². The van der Waals surface area contributed by atoms with Crippen LogP contribution in [0.2, 0.25) is 0 Å². The van der Waals surface area contributed by atoms with Crippen LogP contribution in [0.5, 0.6) is 0 Å². The highest BCUT2D eigenvalue weighted by Crippen LogP contribution is 2.12. The zero-order valence-corrected chi connectivity index (χ0v) is 6.62. The number of nitrogens with zero attached hydrogens (tertiary/aromatic N) is 1. The van der Waals surface area contributed by atoms with Crippen molar-refractivity contribution in [3.8, 4) is 0 Å². The molecule has 0 fully saturated rings. The summed E-state index contributed by atoms with van der Waals surface area (Å²) in [7, 11) is 0. The van der Waals surface area contributed by atoms with Crippen molar-refractivity contribution < 1.29 is 9.18 Å². The fourth-order valence-electron chi connectivity index (χ4n) is 0.849. The van der Waals surface area contributed by atoms with Crippen LogP contribution in [-0.2, 0) is 4.79 Å². The summed E-state index contributed by atoms with van der Waals surface area (Å²) in [5, 5.41) is 0. The number of hydrogen-bond donors (Lipinski definition) is 1. The molecular weight excluding hydrogens is 159 g/mol. The van der Waals surface area contributed by atoms with Crippen LogP contribution < -0.4 is 5.73 Å². The van der Waals surface area contributed by atoms with Crippen molar-refractivity contribution in [1.29, 1.82) is 0 Å². The maximum Gasteiger partial charge on any atom is 0.218 e. The predicted octanol–water partition coefficient (Wildman–Crippen LogP) is 0.810. The molecule has 0 radical (unpaired) electrons. The molecule has 12 heavy (non-hydrogen) atoms. The van der Waals surface area contributed by atoms with Crippen molar-refractivity contribution in [2.45, 2.75) is 13.0 Å². The molecule has 0 amide bonds. The number of hydrogen-bond acceptors (Lipinski definition) is 3. The van der Waals surface area contributed by atoms with Crippen molar-refractivity contribution in [3.63, 3.8) is 0 Å². The number of carbonyl (C=O) groups is 1. The molecule has 1 aromatic heterocycles. The SMILES string of the molecule is CC(=O)C(N)c1cccnc1F. The molecule has 2 N–H and O–H groups in total. The Kier molecular flexibility index (Phi) is 2.50. The quantitative estimate of drug-likeness (QED) is 0.665. The van der Waals surface area contributed by atoms with Crippen LogP contribution in [0, 0.1) is 5.95 Å². The molecule has 0 saturated carbocycles. The molecule has 1 unspecified atom stereocenters. The molecular formula is C8H9FN2O. The lowest BCUT2D eigenvalue weighted by Gasteiger charge is -2.07. The summed E-state index contributed by atoms with van der Waals surface area (Å²) in [5.41, 5.74) is 5.55. The van der Waals surface area contributed by atoms with Gasteiger partial charge in [-0.15, -0.1) is 0 Å². The van der Waals surface area contributed by atoms with Crippen molar-refractivity contribution in [3.05, 3.63) is 29.8 Å². The number of Topliss-reactive ketones (excluding diaryl/α,β-unsaturated/α-hetero) is 1. The summed E-state index contributed by atoms with van der Waals surface area (Å²) in [6.45, 7) is 1.32. The fourth-order valence-corrected chi connectivity index (χ4v) is 0.849. The first-order chi connectivity index (χ1) is 5.63. The first-order valence-corrected chi connectivity index (χ1v) is 3.49. The van der Waals surface area contributed by atoms with Crippen molar-refractivity contribution >= 4 is 5.78 Å². The normalized spacial score (nSPS) is 12.6. The molecule has 4 heteroatoms. The zero-order chi connectivity index (χ0) is 9.14. The topological polar surface area (TPSA) is 56.0 Å². The fraction of sp³-hybridized carbons (Fsp3) is 0.250. The van der Waals surface area contributed by atoms with Crippen molar-refractivity contribution in [2.24, 2.45) is 5.73 Å². The minimum Gasteiger partial charge on any atom is -0.318 e. The van der Waals surface area contributed by atoms with E-state index in [1.165, 1.54) is 19.2 Å². The van der Waals surface area contributed by atoms with Gasteiger partial charge in [0.25, 0.3) is 0 Å². The van der Waals surface area contributed by atoms with Crippen LogP contribution in [0.15, 0.2) is 18.3 Å². The van der Waals surface area contributed by atoms with Crippen LogP contribution in [0.3, 0.4) is 0 Å². The summed E-state index contributed by atoms with van der Waals surface area (Å²) in [4.78, 5) is 14.2. The summed E-state index contributed by atoms with van der Waals surface area (Å²) in [6, 6.07) is 2.09. The van der Waals surface area contributed by atoms with Crippen LogP contribution in [0.1, 0.15) is 18.5 Å². The molecule has 3 nitrogen and oxygen atoms in total. The predicted molar refractivity (Wildman–Crippen MR) is 41.8 cm³/mol. The van der Waals surface area contributed by atoms with E-state index in [0.717, 1.165) is 0 Å². The Morgan fingerprint density at radius 3 is 2.92 bits per heavy atom. The molecule has 0 bridgehead atoms.